The standard InChI is InChI=1S/C19H29B8ClF2N4O/c1-9-7-31-14(32-8-9)16(20,21)33-18(24,25)15(30)4-5-34(19(26,27)17(15,22)23)13(35)10-2-3-12(29)11(28)6-10/h2-3,6-8,33H,4-5,20-27H2,1H3. The van der Waals surface area contributed by atoms with Crippen LogP contribution in [0.3, 0.4) is 0 Å². The Bertz CT molecular complexity index is 1140. The summed E-state index contributed by atoms with van der Waals surface area (Å²) in [6, 6.07) is 3.92. The maximum Gasteiger partial charge on any atom is 0.253 e. The maximum absolute atomic E-state index is 17.4. The zero-order chi connectivity index (χ0) is 26.6. The van der Waals surface area contributed by atoms with Crippen molar-refractivity contribution in [2.45, 2.75) is 40.2 Å². The van der Waals surface area contributed by atoms with Crippen molar-refractivity contribution in [2.75, 3.05) is 6.54 Å². The number of rotatable bonds is 5. The number of hydrogen-bond acceptors (Lipinski definition) is 4. The number of piperidine rings is 1. The molecule has 0 radical (unpaired) electrons. The van der Waals surface area contributed by atoms with Crippen LogP contribution in [0.4, 0.5) is 8.78 Å². The molecule has 1 unspecified atom stereocenters. The molecule has 0 bridgehead atoms. The Balaban J connectivity index is 1.95. The van der Waals surface area contributed by atoms with Crippen LogP contribution in [0.1, 0.15) is 28.2 Å². The Labute approximate surface area is 219 Å². The van der Waals surface area contributed by atoms with Gasteiger partial charge in [-0.1, -0.05) is 11.6 Å². The van der Waals surface area contributed by atoms with E-state index in [0.717, 1.165) is 5.56 Å². The number of aromatic nitrogens is 2. The van der Waals surface area contributed by atoms with Crippen molar-refractivity contribution in [1.82, 2.24) is 20.2 Å². The first kappa shape index (κ1) is 28.0. The van der Waals surface area contributed by atoms with Crippen LogP contribution in [0, 0.1) is 12.7 Å². The molecule has 1 aromatic carbocycles. The Morgan fingerprint density at radius 1 is 1.14 bits per heavy atom. The highest BCUT2D eigenvalue weighted by atomic mass is 35.5. The van der Waals surface area contributed by atoms with Gasteiger partial charge in [-0.25, -0.2) is 18.7 Å². The van der Waals surface area contributed by atoms with Crippen LogP contribution in [0.25, 0.3) is 0 Å². The Hall–Kier alpha value is -1.60. The molecule has 3 rings (SSSR count). The second-order valence-electron chi connectivity index (χ2n) is 11.8. The van der Waals surface area contributed by atoms with Crippen LogP contribution in [0.5, 0.6) is 0 Å². The van der Waals surface area contributed by atoms with Crippen molar-refractivity contribution in [3.63, 3.8) is 0 Å². The SMILES string of the molecule is BC(B)(NC(B)(B)C1(F)CCN(C(=O)c2ccc(F)c(Cl)c2)C(B)(B)C1(B)B)c1ncc(C)cn1. The van der Waals surface area contributed by atoms with Crippen LogP contribution in [-0.4, -0.2) is 106 Å². The van der Waals surface area contributed by atoms with E-state index < -0.39 is 32.7 Å². The third-order valence-electron chi connectivity index (χ3n) is 8.24. The number of amides is 1. The molecule has 1 atom stereocenters. The molecule has 1 aliphatic heterocycles. The van der Waals surface area contributed by atoms with Gasteiger partial charge in [-0.2, -0.15) is 0 Å². The van der Waals surface area contributed by atoms with Crippen LogP contribution in [0.15, 0.2) is 30.6 Å². The minimum absolute atomic E-state index is 0.115. The molecule has 2 heterocycles. The number of alkyl halides is 1. The van der Waals surface area contributed by atoms with Crippen molar-refractivity contribution in [2.24, 2.45) is 0 Å². The average molecular weight is 489 g/mol. The zero-order valence-electron chi connectivity index (χ0n) is 22.2. The van der Waals surface area contributed by atoms with Crippen molar-refractivity contribution in [1.29, 1.82) is 0 Å². The van der Waals surface area contributed by atoms with Crippen molar-refractivity contribution in [3.8, 4) is 0 Å². The predicted molar refractivity (Wildman–Crippen MR) is 159 cm³/mol. The molecule has 1 aromatic heterocycles. The van der Waals surface area contributed by atoms with E-state index in [4.69, 9.17) is 11.6 Å². The second kappa shape index (κ2) is 9.05. The van der Waals surface area contributed by atoms with E-state index in [2.05, 4.69) is 15.3 Å². The molecular formula is C19H29B8ClF2N4O. The van der Waals surface area contributed by atoms with Gasteiger partial charge in [0.15, 0.2) is 0 Å². The lowest BCUT2D eigenvalue weighted by Gasteiger charge is -2.66. The van der Waals surface area contributed by atoms with Gasteiger partial charge in [0.25, 0.3) is 5.91 Å². The third-order valence-corrected chi connectivity index (χ3v) is 8.53. The van der Waals surface area contributed by atoms with E-state index in [9.17, 15) is 9.18 Å². The molecule has 0 saturated carbocycles. The number of nitrogens with zero attached hydrogens (tertiary/aromatic N) is 3. The van der Waals surface area contributed by atoms with Gasteiger partial charge in [-0.15, -0.1) is 0 Å². The molecule has 0 aliphatic carbocycles. The van der Waals surface area contributed by atoms with Gasteiger partial charge < -0.3 is 10.2 Å². The van der Waals surface area contributed by atoms with Gasteiger partial charge in [0.2, 0.25) is 0 Å². The Morgan fingerprint density at radius 2 is 1.71 bits per heavy atom. The third kappa shape index (κ3) is 4.63. The molecule has 1 fully saturated rings. The zero-order valence-corrected chi connectivity index (χ0v) is 22.9. The largest absolute Gasteiger partial charge is 0.349 e. The molecule has 1 saturated heterocycles. The summed E-state index contributed by atoms with van der Waals surface area (Å²) in [5.74, 6) is -0.305. The Morgan fingerprint density at radius 3 is 2.26 bits per heavy atom. The van der Waals surface area contributed by atoms with Gasteiger partial charge in [0, 0.05) is 29.8 Å². The Kier molecular flexibility index (Phi) is 7.24. The normalized spacial score (nSPS) is 22.0. The predicted octanol–water partition coefficient (Wildman–Crippen LogP) is -4.98. The first-order valence-corrected chi connectivity index (χ1v) is 12.3. The number of nitrogens with one attached hydrogen (secondary N) is 1. The molecule has 176 valence electrons. The average Bonchev–Trinajstić information content (AvgIpc) is 2.73. The van der Waals surface area contributed by atoms with Gasteiger partial charge in [0.05, 0.1) is 5.02 Å². The summed E-state index contributed by atoms with van der Waals surface area (Å²) in [6.45, 7) is 2.12. The van der Waals surface area contributed by atoms with Gasteiger partial charge in [0.1, 0.15) is 80.1 Å². The number of aryl methyl sites for hydroxylation is 1. The monoisotopic (exact) mass is 490 g/mol. The van der Waals surface area contributed by atoms with Gasteiger partial charge >= 0.3 is 0 Å². The van der Waals surface area contributed by atoms with E-state index in [1.54, 1.807) is 17.3 Å². The van der Waals surface area contributed by atoms with E-state index in [-0.39, 0.29) is 29.5 Å². The summed E-state index contributed by atoms with van der Waals surface area (Å²) in [4.78, 5) is 24.1. The lowest BCUT2D eigenvalue weighted by Crippen LogP contribution is -2.80. The fourth-order valence-corrected chi connectivity index (χ4v) is 5.75. The topological polar surface area (TPSA) is 58.1 Å². The maximum atomic E-state index is 17.4. The number of carbonyl (C=O) groups excluding carboxylic acids is 1. The molecule has 0 spiro atoms. The number of likely N-dealkylation sites (tertiary alicyclic amines) is 1. The molecular weight excluding hydrogens is 460 g/mol. The lowest BCUT2D eigenvalue weighted by molar-refractivity contribution is -0.00355. The highest BCUT2D eigenvalue weighted by Gasteiger charge is 2.65. The number of hydrogen-bond donors (Lipinski definition) is 1. The summed E-state index contributed by atoms with van der Waals surface area (Å²) in [6.07, 6.45) is 3.63. The fourth-order valence-electron chi connectivity index (χ4n) is 5.57. The van der Waals surface area contributed by atoms with Crippen LogP contribution < -0.4 is 5.32 Å². The summed E-state index contributed by atoms with van der Waals surface area (Å²) >= 11 is 5.93. The lowest BCUT2D eigenvalue weighted by atomic mass is 9.23. The summed E-state index contributed by atoms with van der Waals surface area (Å²) in [7, 11) is 15.1. The van der Waals surface area contributed by atoms with Crippen LogP contribution in [0.2, 0.25) is 10.2 Å². The fraction of sp³-hybridized carbons (Fsp3) is 0.421. The van der Waals surface area contributed by atoms with E-state index in [0.29, 0.717) is 5.82 Å². The number of carbonyl (C=O) groups is 1. The summed E-state index contributed by atoms with van der Waals surface area (Å²) < 4.78 is 31.0. The molecule has 1 amide bonds. The van der Waals surface area contributed by atoms with Crippen molar-refractivity contribution in [3.05, 3.63) is 58.4 Å². The highest BCUT2D eigenvalue weighted by molar-refractivity contribution is 6.57. The molecule has 1 aliphatic rings. The van der Waals surface area contributed by atoms with E-state index in [1.165, 1.54) is 18.2 Å². The quantitative estimate of drug-likeness (QED) is 0.428. The minimum Gasteiger partial charge on any atom is -0.349 e. The second-order valence-corrected chi connectivity index (χ2v) is 12.2. The van der Waals surface area contributed by atoms with Gasteiger partial charge in [-0.3, -0.25) is 4.79 Å². The first-order valence-electron chi connectivity index (χ1n) is 11.9. The molecule has 16 heteroatoms. The van der Waals surface area contributed by atoms with E-state index >= 15 is 4.39 Å². The van der Waals surface area contributed by atoms with Crippen molar-refractivity contribution >= 4 is 80.3 Å². The molecule has 1 N–H and O–H groups in total. The van der Waals surface area contributed by atoms with Crippen molar-refractivity contribution < 1.29 is 13.6 Å². The van der Waals surface area contributed by atoms with Crippen LogP contribution in [-0.2, 0) is 5.34 Å². The number of halogens is 3. The number of benzene rings is 1. The summed E-state index contributed by atoms with van der Waals surface area (Å²) in [5.41, 5.74) is -0.474. The first-order chi connectivity index (χ1) is 15.9. The van der Waals surface area contributed by atoms with E-state index in [1.807, 2.05) is 69.7 Å². The summed E-state index contributed by atoms with van der Waals surface area (Å²) in [5, 5.41) is -0.164. The molecule has 5 nitrogen and oxygen atoms in total. The molecule has 2 aromatic rings. The van der Waals surface area contributed by atoms with Gasteiger partial charge in [-0.05, 0) is 53.0 Å². The smallest absolute Gasteiger partial charge is 0.253 e. The minimum atomic E-state index is -1.71. The van der Waals surface area contributed by atoms with Crippen LogP contribution >= 0.6 is 11.6 Å². The highest BCUT2D eigenvalue weighted by Crippen LogP contribution is 2.55. The molecule has 35 heavy (non-hydrogen) atoms.